The first-order valence-corrected chi connectivity index (χ1v) is 11.1. The Kier molecular flexibility index (Phi) is 5.13. The van der Waals surface area contributed by atoms with Gasteiger partial charge in [0.1, 0.15) is 12.8 Å². The number of benzene rings is 1. The third kappa shape index (κ3) is 4.15. The number of hydrogen-bond donors (Lipinski definition) is 0. The second kappa shape index (κ2) is 6.89. The molecule has 1 heterocycles. The molecule has 1 aromatic carbocycles. The molecule has 2 aromatic rings. The molecule has 0 bridgehead atoms. The van der Waals surface area contributed by atoms with E-state index in [1.54, 1.807) is 22.9 Å². The molecule has 0 spiro atoms. The standard InChI is InChI=1S/C15H21N4O3Si/c1-21-19(20)12-5-6-13-14(10-16)17-18(15(13)9-12)11-22-7-8-23(2,3)4/h5-6,9H,7-8,11H2,1-4H3/q+1. The normalized spacial score (nSPS) is 11.4. The first-order valence-electron chi connectivity index (χ1n) is 7.35. The molecule has 0 saturated heterocycles. The highest BCUT2D eigenvalue weighted by atomic mass is 28.3. The van der Waals surface area contributed by atoms with E-state index in [1.807, 2.05) is 0 Å². The van der Waals surface area contributed by atoms with E-state index in [1.165, 1.54) is 7.11 Å². The molecule has 0 atom stereocenters. The molecular formula is C15H21N4O3Si+. The summed E-state index contributed by atoms with van der Waals surface area (Å²) < 4.78 is 7.29. The van der Waals surface area contributed by atoms with Gasteiger partial charge in [-0.3, -0.25) is 0 Å². The van der Waals surface area contributed by atoms with Crippen LogP contribution in [-0.4, -0.2) is 36.5 Å². The predicted molar refractivity (Wildman–Crippen MR) is 88.8 cm³/mol. The first kappa shape index (κ1) is 17.1. The van der Waals surface area contributed by atoms with Crippen molar-refractivity contribution in [1.29, 1.82) is 5.26 Å². The van der Waals surface area contributed by atoms with Gasteiger partial charge in [0, 0.05) is 32.2 Å². The van der Waals surface area contributed by atoms with E-state index in [9.17, 15) is 10.2 Å². The maximum atomic E-state index is 11.6. The summed E-state index contributed by atoms with van der Waals surface area (Å²) >= 11 is 0. The monoisotopic (exact) mass is 333 g/mol. The highest BCUT2D eigenvalue weighted by molar-refractivity contribution is 6.76. The van der Waals surface area contributed by atoms with Gasteiger partial charge in [0.2, 0.25) is 0 Å². The van der Waals surface area contributed by atoms with Crippen molar-refractivity contribution in [1.82, 2.24) is 9.78 Å². The Labute approximate surface area is 135 Å². The highest BCUT2D eigenvalue weighted by Crippen LogP contribution is 2.24. The van der Waals surface area contributed by atoms with Crippen molar-refractivity contribution in [3.05, 3.63) is 28.8 Å². The molecule has 0 N–H and O–H groups in total. The fourth-order valence-electron chi connectivity index (χ4n) is 2.09. The van der Waals surface area contributed by atoms with Crippen LogP contribution in [0.3, 0.4) is 0 Å². The maximum Gasteiger partial charge on any atom is 0.318 e. The summed E-state index contributed by atoms with van der Waals surface area (Å²) in [6.45, 7) is 7.76. The second-order valence-electron chi connectivity index (χ2n) is 6.45. The Morgan fingerprint density at radius 2 is 2.13 bits per heavy atom. The Bertz CT molecular complexity index is 758. The van der Waals surface area contributed by atoms with Crippen LogP contribution in [0.4, 0.5) is 5.69 Å². The lowest BCUT2D eigenvalue weighted by Crippen LogP contribution is -2.22. The van der Waals surface area contributed by atoms with Gasteiger partial charge >= 0.3 is 5.69 Å². The van der Waals surface area contributed by atoms with E-state index in [2.05, 4.69) is 35.6 Å². The van der Waals surface area contributed by atoms with Crippen molar-refractivity contribution in [2.75, 3.05) is 13.7 Å². The van der Waals surface area contributed by atoms with Gasteiger partial charge in [0.15, 0.2) is 12.8 Å². The number of ether oxygens (including phenoxy) is 1. The quantitative estimate of drug-likeness (QED) is 0.441. The van der Waals surface area contributed by atoms with Crippen LogP contribution in [0.1, 0.15) is 5.69 Å². The molecule has 1 aromatic heterocycles. The molecule has 0 aliphatic heterocycles. The molecule has 0 fully saturated rings. The largest absolute Gasteiger partial charge is 0.360 e. The summed E-state index contributed by atoms with van der Waals surface area (Å²) in [6.07, 6.45) is 0. The van der Waals surface area contributed by atoms with Crippen LogP contribution in [0.2, 0.25) is 25.7 Å². The van der Waals surface area contributed by atoms with Crippen LogP contribution in [-0.2, 0) is 16.3 Å². The highest BCUT2D eigenvalue weighted by Gasteiger charge is 2.19. The summed E-state index contributed by atoms with van der Waals surface area (Å²) in [6, 6.07) is 8.05. The molecule has 122 valence electrons. The fraction of sp³-hybridized carbons (Fsp3) is 0.467. The summed E-state index contributed by atoms with van der Waals surface area (Å²) in [5.41, 5.74) is 1.33. The minimum Gasteiger partial charge on any atom is -0.360 e. The summed E-state index contributed by atoms with van der Waals surface area (Å²) in [5, 5.41) is 14.1. The SMILES string of the molecule is CO[N+](=O)c1ccc2c(C#N)nn(COCC[Si](C)(C)C)c2c1. The van der Waals surface area contributed by atoms with E-state index < -0.39 is 8.07 Å². The summed E-state index contributed by atoms with van der Waals surface area (Å²) in [5.74, 6) is 0. The number of aromatic nitrogens is 2. The summed E-state index contributed by atoms with van der Waals surface area (Å²) in [4.78, 5) is 16.7. The lowest BCUT2D eigenvalue weighted by Gasteiger charge is -2.15. The number of hydrogen-bond acceptors (Lipinski definition) is 5. The summed E-state index contributed by atoms with van der Waals surface area (Å²) in [7, 11) is 0.149. The van der Waals surface area contributed by atoms with E-state index in [4.69, 9.17) is 4.74 Å². The van der Waals surface area contributed by atoms with Gasteiger partial charge in [-0.05, 0) is 12.1 Å². The minimum atomic E-state index is -1.15. The van der Waals surface area contributed by atoms with Crippen molar-refractivity contribution in [2.24, 2.45) is 0 Å². The second-order valence-corrected chi connectivity index (χ2v) is 12.1. The Morgan fingerprint density at radius 1 is 1.39 bits per heavy atom. The van der Waals surface area contributed by atoms with Gasteiger partial charge in [-0.1, -0.05) is 19.6 Å². The third-order valence-corrected chi connectivity index (χ3v) is 5.13. The van der Waals surface area contributed by atoms with Crippen molar-refractivity contribution >= 4 is 24.7 Å². The number of nitrogens with zero attached hydrogens (tertiary/aromatic N) is 4. The van der Waals surface area contributed by atoms with Crippen LogP contribution < -0.4 is 0 Å². The number of fused-ring (bicyclic) bond motifs is 1. The molecule has 23 heavy (non-hydrogen) atoms. The Balaban J connectivity index is 2.24. The molecule has 0 radical (unpaired) electrons. The van der Waals surface area contributed by atoms with Gasteiger partial charge in [-0.25, -0.2) is 9.52 Å². The topological polar surface area (TPSA) is 80.2 Å². The molecule has 2 rings (SSSR count). The third-order valence-electron chi connectivity index (χ3n) is 3.43. The van der Waals surface area contributed by atoms with Crippen LogP contribution in [0.25, 0.3) is 10.9 Å². The van der Waals surface area contributed by atoms with Crippen LogP contribution >= 0.6 is 0 Å². The van der Waals surface area contributed by atoms with Gasteiger partial charge in [-0.15, -0.1) is 0 Å². The van der Waals surface area contributed by atoms with Crippen molar-refractivity contribution < 1.29 is 14.5 Å². The molecule has 0 saturated carbocycles. The van der Waals surface area contributed by atoms with Gasteiger partial charge in [-0.2, -0.15) is 10.4 Å². The minimum absolute atomic E-state index is 0.248. The van der Waals surface area contributed by atoms with Crippen molar-refractivity contribution in [3.63, 3.8) is 0 Å². The average molecular weight is 333 g/mol. The zero-order chi connectivity index (χ0) is 17.0. The van der Waals surface area contributed by atoms with E-state index in [0.717, 1.165) is 6.04 Å². The van der Waals surface area contributed by atoms with Crippen molar-refractivity contribution in [2.45, 2.75) is 32.4 Å². The Hall–Kier alpha value is -2.24. The lowest BCUT2D eigenvalue weighted by molar-refractivity contribution is -0.736. The van der Waals surface area contributed by atoms with Gasteiger partial charge in [0.25, 0.3) is 4.92 Å². The van der Waals surface area contributed by atoms with Crippen LogP contribution in [0.15, 0.2) is 18.2 Å². The van der Waals surface area contributed by atoms with E-state index in [0.29, 0.717) is 33.8 Å². The average Bonchev–Trinajstić information content (AvgIpc) is 2.87. The molecule has 7 nitrogen and oxygen atoms in total. The van der Waals surface area contributed by atoms with Crippen LogP contribution in [0, 0.1) is 16.2 Å². The van der Waals surface area contributed by atoms with Crippen LogP contribution in [0.5, 0.6) is 0 Å². The number of nitriles is 1. The van der Waals surface area contributed by atoms with E-state index >= 15 is 0 Å². The van der Waals surface area contributed by atoms with Gasteiger partial charge < -0.3 is 4.74 Å². The smallest absolute Gasteiger partial charge is 0.318 e. The molecule has 0 aliphatic rings. The number of rotatable bonds is 7. The molecule has 0 amide bonds. The predicted octanol–water partition coefficient (Wildman–Crippen LogP) is 3.19. The van der Waals surface area contributed by atoms with E-state index in [-0.39, 0.29) is 6.73 Å². The zero-order valence-electron chi connectivity index (χ0n) is 13.9. The Morgan fingerprint density at radius 3 is 2.74 bits per heavy atom. The molecule has 0 aliphatic carbocycles. The van der Waals surface area contributed by atoms with Crippen molar-refractivity contribution in [3.8, 4) is 6.07 Å². The first-order chi connectivity index (χ1) is 10.9. The van der Waals surface area contributed by atoms with Gasteiger partial charge in [0.05, 0.1) is 10.4 Å². The fourth-order valence-corrected chi connectivity index (χ4v) is 2.85. The lowest BCUT2D eigenvalue weighted by atomic mass is 10.2. The molecule has 8 heteroatoms. The molecule has 0 unspecified atom stereocenters. The zero-order valence-corrected chi connectivity index (χ0v) is 14.9. The molecular weight excluding hydrogens is 312 g/mol. The maximum absolute atomic E-state index is 11.6.